The Morgan fingerprint density at radius 2 is 1.80 bits per heavy atom. The molecule has 1 aliphatic heterocycles. The van der Waals surface area contributed by atoms with E-state index in [1.807, 2.05) is 41.0 Å². The Labute approximate surface area is 148 Å². The van der Waals surface area contributed by atoms with Gasteiger partial charge in [-0.3, -0.25) is 0 Å². The number of piperidine rings is 1. The molecule has 130 valence electrons. The van der Waals surface area contributed by atoms with Gasteiger partial charge in [0, 0.05) is 18.2 Å². The van der Waals surface area contributed by atoms with Gasteiger partial charge in [0.05, 0.1) is 18.5 Å². The van der Waals surface area contributed by atoms with Gasteiger partial charge in [-0.2, -0.15) is 0 Å². The minimum absolute atomic E-state index is 0.654. The molecule has 25 heavy (non-hydrogen) atoms. The lowest BCUT2D eigenvalue weighted by molar-refractivity contribution is 0.202. The minimum atomic E-state index is 0.654. The Morgan fingerprint density at radius 1 is 0.960 bits per heavy atom. The van der Waals surface area contributed by atoms with Crippen molar-refractivity contribution < 1.29 is 4.74 Å². The molecule has 0 N–H and O–H groups in total. The van der Waals surface area contributed by atoms with E-state index in [0.29, 0.717) is 12.5 Å². The molecule has 2 aromatic heterocycles. The zero-order valence-electron chi connectivity index (χ0n) is 14.5. The van der Waals surface area contributed by atoms with Crippen LogP contribution in [-0.2, 0) is 0 Å². The second kappa shape index (κ2) is 7.66. The lowest BCUT2D eigenvalue weighted by Crippen LogP contribution is -2.31. The Kier molecular flexibility index (Phi) is 4.93. The van der Waals surface area contributed by atoms with Crippen molar-refractivity contribution in [2.45, 2.75) is 25.7 Å². The van der Waals surface area contributed by atoms with Crippen LogP contribution in [0, 0.1) is 0 Å². The molecule has 0 aliphatic carbocycles. The number of imidazole rings is 1. The predicted octanol–water partition coefficient (Wildman–Crippen LogP) is 3.65. The monoisotopic (exact) mass is 336 g/mol. The highest BCUT2D eigenvalue weighted by Crippen LogP contribution is 2.21. The van der Waals surface area contributed by atoms with E-state index < -0.39 is 0 Å². The van der Waals surface area contributed by atoms with Crippen LogP contribution in [0.25, 0.3) is 16.9 Å². The first-order valence-electron chi connectivity index (χ1n) is 9.15. The zero-order chi connectivity index (χ0) is 16.9. The molecular formula is C20H24N4O. The molecule has 0 atom stereocenters. The van der Waals surface area contributed by atoms with Crippen molar-refractivity contribution >= 4 is 5.65 Å². The molecule has 0 radical (unpaired) electrons. The third-order valence-electron chi connectivity index (χ3n) is 4.72. The van der Waals surface area contributed by atoms with E-state index in [9.17, 15) is 0 Å². The molecule has 0 spiro atoms. The maximum atomic E-state index is 5.88. The molecule has 1 fully saturated rings. The quantitative estimate of drug-likeness (QED) is 0.645. The third kappa shape index (κ3) is 3.82. The average molecular weight is 336 g/mol. The lowest BCUT2D eigenvalue weighted by atomic mass is 10.1. The van der Waals surface area contributed by atoms with Gasteiger partial charge in [-0.1, -0.05) is 36.8 Å². The van der Waals surface area contributed by atoms with Crippen LogP contribution in [-0.4, -0.2) is 45.7 Å². The number of hydrogen-bond acceptors (Lipinski definition) is 4. The van der Waals surface area contributed by atoms with Gasteiger partial charge < -0.3 is 9.64 Å². The summed E-state index contributed by atoms with van der Waals surface area (Å²) >= 11 is 0. The molecule has 3 aromatic rings. The number of rotatable bonds is 6. The molecule has 1 aliphatic rings. The van der Waals surface area contributed by atoms with E-state index in [0.717, 1.165) is 29.9 Å². The van der Waals surface area contributed by atoms with Crippen molar-refractivity contribution in [3.05, 3.63) is 48.7 Å². The topological polar surface area (TPSA) is 42.7 Å². The van der Waals surface area contributed by atoms with Crippen LogP contribution in [0.4, 0.5) is 0 Å². The van der Waals surface area contributed by atoms with E-state index in [1.165, 1.54) is 32.4 Å². The fourth-order valence-electron chi connectivity index (χ4n) is 3.39. The molecule has 1 saturated heterocycles. The molecule has 3 heterocycles. The summed E-state index contributed by atoms with van der Waals surface area (Å²) in [4.78, 5) is 6.97. The maximum Gasteiger partial charge on any atom is 0.231 e. The van der Waals surface area contributed by atoms with Gasteiger partial charge in [-0.25, -0.2) is 9.50 Å². The summed E-state index contributed by atoms with van der Waals surface area (Å²) in [6.45, 7) is 4.28. The molecule has 0 saturated carbocycles. The van der Waals surface area contributed by atoms with E-state index in [-0.39, 0.29) is 0 Å². The second-order valence-corrected chi connectivity index (χ2v) is 6.56. The number of nitrogens with zero attached hydrogens (tertiary/aromatic N) is 4. The van der Waals surface area contributed by atoms with Crippen LogP contribution in [0.5, 0.6) is 5.88 Å². The zero-order valence-corrected chi connectivity index (χ0v) is 14.5. The number of likely N-dealkylation sites (tertiary alicyclic amines) is 1. The standard InChI is InChI=1S/C20H24N4O/c1-3-8-17(9-4-1)18-16-21-19-10-11-20(22-24(18)19)25-15-7-14-23-12-5-2-6-13-23/h1,3-4,8-11,16H,2,5-7,12-15H2. The second-order valence-electron chi connectivity index (χ2n) is 6.56. The van der Waals surface area contributed by atoms with Gasteiger partial charge in [0.1, 0.15) is 0 Å². The highest BCUT2D eigenvalue weighted by molar-refractivity contribution is 5.62. The van der Waals surface area contributed by atoms with Crippen LogP contribution in [0.15, 0.2) is 48.7 Å². The van der Waals surface area contributed by atoms with Crippen LogP contribution >= 0.6 is 0 Å². The average Bonchev–Trinajstić information content (AvgIpc) is 3.10. The molecule has 0 unspecified atom stereocenters. The number of ether oxygens (including phenoxy) is 1. The largest absolute Gasteiger partial charge is 0.477 e. The van der Waals surface area contributed by atoms with Gasteiger partial charge in [-0.15, -0.1) is 5.10 Å². The Balaban J connectivity index is 1.40. The number of benzene rings is 1. The van der Waals surface area contributed by atoms with Gasteiger partial charge >= 0.3 is 0 Å². The normalized spacial score (nSPS) is 15.5. The van der Waals surface area contributed by atoms with Crippen LogP contribution in [0.2, 0.25) is 0 Å². The van der Waals surface area contributed by atoms with Gasteiger partial charge in [-0.05, 0) is 38.4 Å². The summed E-state index contributed by atoms with van der Waals surface area (Å²) in [5.74, 6) is 0.654. The molecule has 4 rings (SSSR count). The van der Waals surface area contributed by atoms with Crippen molar-refractivity contribution in [3.8, 4) is 17.1 Å². The maximum absolute atomic E-state index is 5.88. The van der Waals surface area contributed by atoms with Crippen LogP contribution in [0.3, 0.4) is 0 Å². The smallest absolute Gasteiger partial charge is 0.231 e. The Morgan fingerprint density at radius 3 is 2.64 bits per heavy atom. The van der Waals surface area contributed by atoms with Gasteiger partial charge in [0.25, 0.3) is 0 Å². The predicted molar refractivity (Wildman–Crippen MR) is 98.8 cm³/mol. The highest BCUT2D eigenvalue weighted by atomic mass is 16.5. The van der Waals surface area contributed by atoms with Crippen molar-refractivity contribution in [2.75, 3.05) is 26.2 Å². The van der Waals surface area contributed by atoms with Crippen LogP contribution < -0.4 is 4.74 Å². The Bertz CT molecular complexity index is 809. The first kappa shape index (κ1) is 16.1. The van der Waals surface area contributed by atoms with Crippen molar-refractivity contribution in [1.29, 1.82) is 0 Å². The van der Waals surface area contributed by atoms with Crippen molar-refractivity contribution in [2.24, 2.45) is 0 Å². The number of aromatic nitrogens is 3. The van der Waals surface area contributed by atoms with E-state index in [4.69, 9.17) is 4.74 Å². The fourth-order valence-corrected chi connectivity index (χ4v) is 3.39. The van der Waals surface area contributed by atoms with Crippen molar-refractivity contribution in [3.63, 3.8) is 0 Å². The van der Waals surface area contributed by atoms with Crippen molar-refractivity contribution in [1.82, 2.24) is 19.5 Å². The summed E-state index contributed by atoms with van der Waals surface area (Å²) in [7, 11) is 0. The molecule has 5 nitrogen and oxygen atoms in total. The lowest BCUT2D eigenvalue weighted by Gasteiger charge is -2.26. The minimum Gasteiger partial charge on any atom is -0.477 e. The molecule has 1 aromatic carbocycles. The molecule has 0 bridgehead atoms. The van der Waals surface area contributed by atoms with E-state index >= 15 is 0 Å². The third-order valence-corrected chi connectivity index (χ3v) is 4.72. The summed E-state index contributed by atoms with van der Waals surface area (Å²) < 4.78 is 7.74. The summed E-state index contributed by atoms with van der Waals surface area (Å²) in [6, 6.07) is 14.0. The molecular weight excluding hydrogens is 312 g/mol. The summed E-state index contributed by atoms with van der Waals surface area (Å²) in [6.07, 6.45) is 6.95. The first-order chi connectivity index (χ1) is 12.4. The van der Waals surface area contributed by atoms with E-state index in [2.05, 4.69) is 27.1 Å². The number of fused-ring (bicyclic) bond motifs is 1. The Hall–Kier alpha value is -2.40. The fraction of sp³-hybridized carbons (Fsp3) is 0.400. The highest BCUT2D eigenvalue weighted by Gasteiger charge is 2.10. The molecule has 0 amide bonds. The summed E-state index contributed by atoms with van der Waals surface area (Å²) in [5.41, 5.74) is 2.92. The molecule has 5 heteroatoms. The summed E-state index contributed by atoms with van der Waals surface area (Å²) in [5, 5.41) is 4.61. The van der Waals surface area contributed by atoms with E-state index in [1.54, 1.807) is 0 Å². The number of hydrogen-bond donors (Lipinski definition) is 0. The van der Waals surface area contributed by atoms with Gasteiger partial charge in [0.2, 0.25) is 5.88 Å². The van der Waals surface area contributed by atoms with Crippen LogP contribution in [0.1, 0.15) is 25.7 Å². The first-order valence-corrected chi connectivity index (χ1v) is 9.15. The SMILES string of the molecule is c1ccc(-c2cnc3ccc(OCCCN4CCCCC4)nn23)cc1. The van der Waals surface area contributed by atoms with Gasteiger partial charge in [0.15, 0.2) is 5.65 Å².